The fourth-order valence-corrected chi connectivity index (χ4v) is 1.64. The molecule has 0 aliphatic heterocycles. The zero-order valence-electron chi connectivity index (χ0n) is 12.2. The van der Waals surface area contributed by atoms with E-state index in [-0.39, 0.29) is 18.5 Å². The summed E-state index contributed by atoms with van der Waals surface area (Å²) in [6.07, 6.45) is 0. The quantitative estimate of drug-likeness (QED) is 0.826. The summed E-state index contributed by atoms with van der Waals surface area (Å²) in [7, 11) is 3.17. The predicted molar refractivity (Wildman–Crippen MR) is 76.1 cm³/mol. The summed E-state index contributed by atoms with van der Waals surface area (Å²) in [6, 6.07) is 3.87. The normalized spacial score (nSPS) is 10.4. The van der Waals surface area contributed by atoms with Crippen molar-refractivity contribution in [2.45, 2.75) is 26.8 Å². The van der Waals surface area contributed by atoms with Gasteiger partial charge in [0, 0.05) is 12.1 Å². The smallest absolute Gasteiger partial charge is 0.238 e. The number of carbonyl (C=O) groups excluding carboxylic acids is 1. The minimum Gasteiger partial charge on any atom is -0.496 e. The highest BCUT2D eigenvalue weighted by Crippen LogP contribution is 2.32. The molecule has 0 saturated carbocycles. The monoisotopic (exact) mass is 266 g/mol. The number of hydrogen-bond donors (Lipinski definition) is 2. The van der Waals surface area contributed by atoms with E-state index in [4.69, 9.17) is 9.47 Å². The second kappa shape index (κ2) is 6.99. The van der Waals surface area contributed by atoms with Crippen LogP contribution in [0.3, 0.4) is 0 Å². The van der Waals surface area contributed by atoms with Crippen molar-refractivity contribution in [1.29, 1.82) is 0 Å². The number of nitrogens with one attached hydrogen (secondary N) is 2. The molecule has 0 spiro atoms. The maximum Gasteiger partial charge on any atom is 0.238 e. The van der Waals surface area contributed by atoms with Gasteiger partial charge in [-0.05, 0) is 18.6 Å². The molecule has 0 heterocycles. The molecule has 1 aromatic carbocycles. The summed E-state index contributed by atoms with van der Waals surface area (Å²) >= 11 is 0. The second-order valence-electron chi connectivity index (χ2n) is 4.61. The van der Waals surface area contributed by atoms with Crippen LogP contribution in [0.5, 0.6) is 11.5 Å². The van der Waals surface area contributed by atoms with Gasteiger partial charge in [0.25, 0.3) is 0 Å². The summed E-state index contributed by atoms with van der Waals surface area (Å²) in [5, 5.41) is 5.87. The van der Waals surface area contributed by atoms with Crippen molar-refractivity contribution < 1.29 is 14.3 Å². The van der Waals surface area contributed by atoms with Crippen LogP contribution in [0, 0.1) is 6.92 Å². The van der Waals surface area contributed by atoms with Crippen LogP contribution >= 0.6 is 0 Å². The van der Waals surface area contributed by atoms with Crippen molar-refractivity contribution in [2.24, 2.45) is 0 Å². The van der Waals surface area contributed by atoms with E-state index in [1.807, 2.05) is 26.8 Å². The lowest BCUT2D eigenvalue weighted by atomic mass is 10.2. The average Bonchev–Trinajstić information content (AvgIpc) is 2.37. The summed E-state index contributed by atoms with van der Waals surface area (Å²) in [6.45, 7) is 6.16. The highest BCUT2D eigenvalue weighted by molar-refractivity contribution is 5.94. The first-order chi connectivity index (χ1) is 8.97. The van der Waals surface area contributed by atoms with Crippen LogP contribution in [-0.4, -0.2) is 32.7 Å². The predicted octanol–water partition coefficient (Wildman–Crippen LogP) is 1.95. The molecule has 0 aromatic heterocycles. The van der Waals surface area contributed by atoms with Crippen LogP contribution in [0.25, 0.3) is 0 Å². The van der Waals surface area contributed by atoms with Crippen LogP contribution in [0.4, 0.5) is 5.69 Å². The molecular weight excluding hydrogens is 244 g/mol. The molecule has 0 fully saturated rings. The van der Waals surface area contributed by atoms with Gasteiger partial charge in [-0.25, -0.2) is 0 Å². The van der Waals surface area contributed by atoms with E-state index in [1.54, 1.807) is 20.3 Å². The van der Waals surface area contributed by atoms with Crippen LogP contribution in [-0.2, 0) is 4.79 Å². The van der Waals surface area contributed by atoms with Gasteiger partial charge in [0.05, 0.1) is 26.5 Å². The molecule has 1 aromatic rings. The van der Waals surface area contributed by atoms with Crippen LogP contribution in [0.15, 0.2) is 12.1 Å². The summed E-state index contributed by atoms with van der Waals surface area (Å²) in [4.78, 5) is 11.8. The van der Waals surface area contributed by atoms with Crippen molar-refractivity contribution in [2.75, 3.05) is 26.1 Å². The fourth-order valence-electron chi connectivity index (χ4n) is 1.64. The molecule has 0 atom stereocenters. The van der Waals surface area contributed by atoms with Gasteiger partial charge in [-0.3, -0.25) is 4.79 Å². The summed E-state index contributed by atoms with van der Waals surface area (Å²) in [5.41, 5.74) is 1.57. The first kappa shape index (κ1) is 15.3. The Bertz CT molecular complexity index is 445. The van der Waals surface area contributed by atoms with E-state index < -0.39 is 0 Å². The van der Waals surface area contributed by atoms with Gasteiger partial charge in [-0.1, -0.05) is 13.8 Å². The van der Waals surface area contributed by atoms with Gasteiger partial charge < -0.3 is 20.1 Å². The molecule has 2 N–H and O–H groups in total. The Kier molecular flexibility index (Phi) is 5.63. The van der Waals surface area contributed by atoms with Crippen molar-refractivity contribution in [1.82, 2.24) is 5.32 Å². The molecule has 1 rings (SSSR count). The Balaban J connectivity index is 2.84. The van der Waals surface area contributed by atoms with Gasteiger partial charge in [-0.15, -0.1) is 0 Å². The van der Waals surface area contributed by atoms with E-state index in [1.165, 1.54) is 0 Å². The number of hydrogen-bond acceptors (Lipinski definition) is 4. The van der Waals surface area contributed by atoms with Crippen LogP contribution < -0.4 is 20.1 Å². The fraction of sp³-hybridized carbons (Fsp3) is 0.500. The highest BCUT2D eigenvalue weighted by atomic mass is 16.5. The van der Waals surface area contributed by atoms with E-state index in [0.717, 1.165) is 5.56 Å². The lowest BCUT2D eigenvalue weighted by Crippen LogP contribution is -2.32. The number of carbonyl (C=O) groups is 1. The lowest BCUT2D eigenvalue weighted by Gasteiger charge is -2.14. The van der Waals surface area contributed by atoms with Gasteiger partial charge in [0.2, 0.25) is 5.91 Å². The SMILES string of the molecule is COc1cc(NC(=O)CNC(C)C)c(OC)cc1C. The Labute approximate surface area is 114 Å². The minimum absolute atomic E-state index is 0.113. The first-order valence-electron chi connectivity index (χ1n) is 6.23. The van der Waals surface area contributed by atoms with E-state index in [9.17, 15) is 4.79 Å². The number of rotatable bonds is 6. The number of aryl methyl sites for hydroxylation is 1. The molecule has 0 bridgehead atoms. The van der Waals surface area contributed by atoms with Crippen molar-refractivity contribution in [3.63, 3.8) is 0 Å². The highest BCUT2D eigenvalue weighted by Gasteiger charge is 2.11. The largest absolute Gasteiger partial charge is 0.496 e. The third kappa shape index (κ3) is 4.44. The van der Waals surface area contributed by atoms with Crippen molar-refractivity contribution in [3.8, 4) is 11.5 Å². The zero-order valence-corrected chi connectivity index (χ0v) is 12.2. The maximum absolute atomic E-state index is 11.8. The van der Waals surface area contributed by atoms with E-state index in [2.05, 4.69) is 10.6 Å². The van der Waals surface area contributed by atoms with Gasteiger partial charge in [-0.2, -0.15) is 0 Å². The summed E-state index contributed by atoms with van der Waals surface area (Å²) in [5.74, 6) is 1.22. The Morgan fingerprint density at radius 1 is 1.21 bits per heavy atom. The van der Waals surface area contributed by atoms with Crippen molar-refractivity contribution in [3.05, 3.63) is 17.7 Å². The standard InChI is InChI=1S/C14H22N2O3/c1-9(2)15-8-14(17)16-11-7-12(18-4)10(3)6-13(11)19-5/h6-7,9,15H,8H2,1-5H3,(H,16,17). The lowest BCUT2D eigenvalue weighted by molar-refractivity contribution is -0.115. The third-order valence-corrected chi connectivity index (χ3v) is 2.66. The molecule has 0 unspecified atom stereocenters. The van der Waals surface area contributed by atoms with Crippen LogP contribution in [0.2, 0.25) is 0 Å². The molecule has 106 valence electrons. The second-order valence-corrected chi connectivity index (χ2v) is 4.61. The Morgan fingerprint density at radius 3 is 2.37 bits per heavy atom. The Hall–Kier alpha value is -1.75. The van der Waals surface area contributed by atoms with Gasteiger partial charge >= 0.3 is 0 Å². The number of ether oxygens (including phenoxy) is 2. The molecule has 5 nitrogen and oxygen atoms in total. The maximum atomic E-state index is 11.8. The van der Waals surface area contributed by atoms with Crippen molar-refractivity contribution >= 4 is 11.6 Å². The van der Waals surface area contributed by atoms with Gasteiger partial charge in [0.1, 0.15) is 11.5 Å². The Morgan fingerprint density at radius 2 is 1.84 bits per heavy atom. The molecule has 0 aliphatic carbocycles. The molecule has 1 amide bonds. The number of anilines is 1. The zero-order chi connectivity index (χ0) is 14.4. The molecule has 0 aliphatic rings. The van der Waals surface area contributed by atoms with E-state index >= 15 is 0 Å². The molecular formula is C14H22N2O3. The third-order valence-electron chi connectivity index (χ3n) is 2.66. The number of benzene rings is 1. The molecule has 19 heavy (non-hydrogen) atoms. The molecule has 5 heteroatoms. The number of amides is 1. The molecule has 0 saturated heterocycles. The first-order valence-corrected chi connectivity index (χ1v) is 6.23. The average molecular weight is 266 g/mol. The minimum atomic E-state index is -0.113. The topological polar surface area (TPSA) is 59.6 Å². The molecule has 0 radical (unpaired) electrons. The van der Waals surface area contributed by atoms with Crippen LogP contribution in [0.1, 0.15) is 19.4 Å². The summed E-state index contributed by atoms with van der Waals surface area (Å²) < 4.78 is 10.5. The number of methoxy groups -OCH3 is 2. The van der Waals surface area contributed by atoms with E-state index in [0.29, 0.717) is 17.2 Å². The van der Waals surface area contributed by atoms with Gasteiger partial charge in [0.15, 0.2) is 0 Å².